The van der Waals surface area contributed by atoms with E-state index in [2.05, 4.69) is 35.3 Å². The lowest BCUT2D eigenvalue weighted by molar-refractivity contribution is -0.117. The number of benzene rings is 4. The molecule has 0 radical (unpaired) electrons. The Morgan fingerprint density at radius 2 is 0.966 bits per heavy atom. The summed E-state index contributed by atoms with van der Waals surface area (Å²) in [5.41, 5.74) is 3.35. The molecule has 2 heterocycles. The maximum absolute atomic E-state index is 12.7. The Bertz CT molecular complexity index is 2580. The Labute approximate surface area is 351 Å². The standard InChI is InChI=1S/C18H18ClN5O3S.C10H15N3O3S.C8H4Cl2N2.CH4/c1-24(2)11-16(25)20-12-6-5-7-13(10-12)28(26,27)23-18-17(19)21-14-8-3-4-9-15(14)22-18;1-13(2)7-10(14)12-8-4-3-5-9(6-8)17(11,15)16;9-7-8(10)12-6-4-2-1-3-5(6)11-7;/h3-10H,11H2,1-2H3,(H,20,25)(H,22,23);3-6H,7H2,1-2H3,(H,12,14)(H2,11,15,16);1-4H;1H4. The van der Waals surface area contributed by atoms with Crippen LogP contribution in [0.15, 0.2) is 107 Å². The van der Waals surface area contributed by atoms with Crippen molar-refractivity contribution in [3.05, 3.63) is 113 Å². The number of hydrogen-bond donors (Lipinski definition) is 4. The molecular weight excluding hydrogens is 851 g/mol. The number of para-hydroxylation sites is 4. The summed E-state index contributed by atoms with van der Waals surface area (Å²) in [5, 5.41) is 10.7. The van der Waals surface area contributed by atoms with Crippen LogP contribution in [0.5, 0.6) is 0 Å². The van der Waals surface area contributed by atoms with Crippen molar-refractivity contribution < 1.29 is 26.4 Å². The number of nitrogens with two attached hydrogens (primary N) is 1. The van der Waals surface area contributed by atoms with Crippen LogP contribution in [-0.4, -0.2) is 99.7 Å². The van der Waals surface area contributed by atoms with Gasteiger partial charge in [0.25, 0.3) is 10.0 Å². The molecule has 4 aromatic carbocycles. The number of nitrogens with one attached hydrogen (secondary N) is 3. The second kappa shape index (κ2) is 21.1. The smallest absolute Gasteiger partial charge is 0.263 e. The van der Waals surface area contributed by atoms with E-state index in [1.165, 1.54) is 36.4 Å². The zero-order chi connectivity index (χ0) is 41.9. The number of primary sulfonamides is 1. The maximum Gasteiger partial charge on any atom is 0.263 e. The summed E-state index contributed by atoms with van der Waals surface area (Å²) in [6, 6.07) is 26.1. The van der Waals surface area contributed by atoms with Gasteiger partial charge in [-0.15, -0.1) is 0 Å². The van der Waals surface area contributed by atoms with E-state index in [-0.39, 0.29) is 63.4 Å². The van der Waals surface area contributed by atoms with Crippen molar-refractivity contribution in [3.63, 3.8) is 0 Å². The number of likely N-dealkylation sites (N-methyl/N-ethyl adjacent to an activating group) is 2. The number of hydrogen-bond acceptors (Lipinski definition) is 12. The SMILES string of the molecule is C.CN(C)CC(=O)Nc1cccc(S(=O)(=O)Nc2nc3ccccc3nc2Cl)c1.CN(C)CC(=O)Nc1cccc(S(N)(=O)=O)c1.Clc1nc2ccccc2nc1Cl. The quantitative estimate of drug-likeness (QED) is 0.125. The van der Waals surface area contributed by atoms with Gasteiger partial charge in [-0.2, -0.15) is 0 Å². The molecule has 6 rings (SSSR count). The summed E-state index contributed by atoms with van der Waals surface area (Å²) in [7, 11) is -0.677. The number of halogens is 3. The van der Waals surface area contributed by atoms with Crippen LogP contribution in [0, 0.1) is 0 Å². The van der Waals surface area contributed by atoms with Gasteiger partial charge in [-0.25, -0.2) is 41.9 Å². The first-order valence-electron chi connectivity index (χ1n) is 16.5. The molecule has 0 aliphatic rings. The van der Waals surface area contributed by atoms with Crippen molar-refractivity contribution in [2.45, 2.75) is 17.2 Å². The van der Waals surface area contributed by atoms with Crippen LogP contribution >= 0.6 is 34.8 Å². The fraction of sp³-hybridized carbons (Fsp3) is 0.189. The molecule has 0 saturated heterocycles. The average Bonchev–Trinajstić information content (AvgIpc) is 3.12. The molecule has 6 aromatic rings. The third-order valence-corrected chi connectivity index (χ3v) is 10.2. The minimum absolute atomic E-state index is 0. The van der Waals surface area contributed by atoms with Gasteiger partial charge in [0.2, 0.25) is 21.8 Å². The van der Waals surface area contributed by atoms with E-state index in [4.69, 9.17) is 39.9 Å². The minimum Gasteiger partial charge on any atom is -0.325 e. The van der Waals surface area contributed by atoms with Crippen molar-refractivity contribution in [2.75, 3.05) is 56.6 Å². The Morgan fingerprint density at radius 1 is 0.586 bits per heavy atom. The van der Waals surface area contributed by atoms with E-state index >= 15 is 0 Å². The van der Waals surface area contributed by atoms with Gasteiger partial charge in [0, 0.05) is 11.4 Å². The third kappa shape index (κ3) is 14.4. The van der Waals surface area contributed by atoms with Crippen LogP contribution in [0.4, 0.5) is 17.2 Å². The van der Waals surface area contributed by atoms with Crippen molar-refractivity contribution in [1.29, 1.82) is 0 Å². The van der Waals surface area contributed by atoms with Crippen LogP contribution in [0.1, 0.15) is 7.43 Å². The highest BCUT2D eigenvalue weighted by Gasteiger charge is 2.19. The Kier molecular flexibility index (Phi) is 17.2. The molecule has 5 N–H and O–H groups in total. The molecule has 2 aromatic heterocycles. The topological polar surface area (TPSA) is 223 Å². The lowest BCUT2D eigenvalue weighted by Crippen LogP contribution is -2.27. The summed E-state index contributed by atoms with van der Waals surface area (Å²) in [4.78, 5) is 43.2. The van der Waals surface area contributed by atoms with Crippen LogP contribution in [0.2, 0.25) is 15.5 Å². The van der Waals surface area contributed by atoms with Crippen molar-refractivity contribution in [3.8, 4) is 0 Å². The Hall–Kier alpha value is -5.05. The van der Waals surface area contributed by atoms with Gasteiger partial charge in [-0.05, 0) is 88.9 Å². The number of sulfonamides is 2. The molecule has 0 atom stereocenters. The molecule has 0 fully saturated rings. The molecule has 0 spiro atoms. The monoisotopic (exact) mass is 890 g/mol. The summed E-state index contributed by atoms with van der Waals surface area (Å²) < 4.78 is 50.1. The first-order chi connectivity index (χ1) is 26.8. The molecule has 0 aliphatic carbocycles. The van der Waals surface area contributed by atoms with Gasteiger partial charge in [0.05, 0.1) is 44.9 Å². The maximum atomic E-state index is 12.7. The second-order valence-electron chi connectivity index (χ2n) is 12.4. The van der Waals surface area contributed by atoms with E-state index in [1.807, 2.05) is 24.3 Å². The number of rotatable bonds is 10. The second-order valence-corrected chi connectivity index (χ2v) is 16.7. The molecule has 0 aliphatic heterocycles. The van der Waals surface area contributed by atoms with Crippen molar-refractivity contribution in [2.24, 2.45) is 5.14 Å². The van der Waals surface area contributed by atoms with E-state index < -0.39 is 20.0 Å². The lowest BCUT2D eigenvalue weighted by atomic mass is 10.3. The molecule has 58 heavy (non-hydrogen) atoms. The van der Waals surface area contributed by atoms with Gasteiger partial charge in [-0.1, -0.05) is 78.6 Å². The molecule has 2 amide bonds. The summed E-state index contributed by atoms with van der Waals surface area (Å²) >= 11 is 17.4. The van der Waals surface area contributed by atoms with Crippen LogP contribution in [0.3, 0.4) is 0 Å². The van der Waals surface area contributed by atoms with Crippen molar-refractivity contribution >= 4 is 106 Å². The van der Waals surface area contributed by atoms with Gasteiger partial charge < -0.3 is 20.4 Å². The highest BCUT2D eigenvalue weighted by Crippen LogP contribution is 2.25. The minimum atomic E-state index is -3.98. The third-order valence-electron chi connectivity index (χ3n) is 7.04. The first-order valence-corrected chi connectivity index (χ1v) is 20.6. The molecule has 308 valence electrons. The predicted octanol–water partition coefficient (Wildman–Crippen LogP) is 5.99. The summed E-state index contributed by atoms with van der Waals surface area (Å²) in [6.45, 7) is 0.400. The highest BCUT2D eigenvalue weighted by atomic mass is 35.5. The van der Waals surface area contributed by atoms with E-state index in [0.717, 1.165) is 11.0 Å². The van der Waals surface area contributed by atoms with Crippen LogP contribution in [-0.2, 0) is 29.6 Å². The highest BCUT2D eigenvalue weighted by molar-refractivity contribution is 7.92. The lowest BCUT2D eigenvalue weighted by Gasteiger charge is -2.12. The fourth-order valence-corrected chi connectivity index (χ4v) is 6.77. The number of amides is 2. The normalized spacial score (nSPS) is 11.1. The van der Waals surface area contributed by atoms with Gasteiger partial charge in [0.1, 0.15) is 0 Å². The Morgan fingerprint density at radius 3 is 1.38 bits per heavy atom. The van der Waals surface area contributed by atoms with Crippen LogP contribution < -0.4 is 20.5 Å². The number of fused-ring (bicyclic) bond motifs is 2. The van der Waals surface area contributed by atoms with E-state index in [1.54, 1.807) is 74.4 Å². The van der Waals surface area contributed by atoms with Gasteiger partial charge in [-0.3, -0.25) is 14.3 Å². The molecule has 0 saturated carbocycles. The van der Waals surface area contributed by atoms with E-state index in [0.29, 0.717) is 22.4 Å². The van der Waals surface area contributed by atoms with Gasteiger partial charge >= 0.3 is 0 Å². The molecule has 16 nitrogen and oxygen atoms in total. The predicted molar refractivity (Wildman–Crippen MR) is 230 cm³/mol. The fourth-order valence-electron chi connectivity index (χ4n) is 4.65. The number of carbonyl (C=O) groups excluding carboxylic acids is 2. The molecule has 21 heteroatoms. The zero-order valence-corrected chi connectivity index (χ0v) is 34.7. The number of aromatic nitrogens is 4. The Balaban J connectivity index is 0.000000255. The molecule has 0 unspecified atom stereocenters. The molecule has 0 bridgehead atoms. The summed E-state index contributed by atoms with van der Waals surface area (Å²) in [6.07, 6.45) is 0. The number of carbonyl (C=O) groups is 2. The molecular formula is C37H41Cl3N10O6S2. The number of nitrogens with zero attached hydrogens (tertiary/aromatic N) is 6. The van der Waals surface area contributed by atoms with E-state index in [9.17, 15) is 26.4 Å². The summed E-state index contributed by atoms with van der Waals surface area (Å²) in [5.74, 6) is -0.542. The van der Waals surface area contributed by atoms with Gasteiger partial charge in [0.15, 0.2) is 21.3 Å². The average molecular weight is 892 g/mol. The van der Waals surface area contributed by atoms with Crippen LogP contribution in [0.25, 0.3) is 22.1 Å². The number of anilines is 3. The largest absolute Gasteiger partial charge is 0.325 e. The van der Waals surface area contributed by atoms with Crippen molar-refractivity contribution in [1.82, 2.24) is 29.7 Å². The first kappa shape index (κ1) is 47.3. The zero-order valence-electron chi connectivity index (χ0n) is 30.8.